The Bertz CT molecular complexity index is 283. The Morgan fingerprint density at radius 1 is 1.64 bits per heavy atom. The number of carbonyl (C=O) groups is 1. The van der Waals surface area contributed by atoms with Gasteiger partial charge in [0.05, 0.1) is 11.6 Å². The van der Waals surface area contributed by atoms with Crippen molar-refractivity contribution in [2.24, 2.45) is 5.92 Å². The normalized spacial score (nSPS) is 20.1. The highest BCUT2D eigenvalue weighted by Gasteiger charge is 2.22. The summed E-state index contributed by atoms with van der Waals surface area (Å²) in [5.74, 6) is 0.295. The van der Waals surface area contributed by atoms with E-state index in [2.05, 4.69) is 10.6 Å². The second-order valence-corrected chi connectivity index (χ2v) is 3.97. The van der Waals surface area contributed by atoms with Gasteiger partial charge in [0.2, 0.25) is 5.91 Å². The van der Waals surface area contributed by atoms with Crippen molar-refractivity contribution >= 4 is 35.3 Å². The van der Waals surface area contributed by atoms with Gasteiger partial charge in [-0.3, -0.25) is 4.79 Å². The molecule has 1 aromatic rings. The van der Waals surface area contributed by atoms with E-state index in [9.17, 15) is 4.79 Å². The van der Waals surface area contributed by atoms with Gasteiger partial charge in [-0.2, -0.15) is 11.3 Å². The third-order valence-corrected chi connectivity index (χ3v) is 2.90. The number of nitrogens with one attached hydrogen (secondary N) is 2. The van der Waals surface area contributed by atoms with Crippen LogP contribution in [0.25, 0.3) is 0 Å². The first-order chi connectivity index (χ1) is 6.36. The zero-order valence-electron chi connectivity index (χ0n) is 7.66. The van der Waals surface area contributed by atoms with Gasteiger partial charge in [-0.25, -0.2) is 0 Å². The molecule has 0 spiro atoms. The van der Waals surface area contributed by atoms with Crippen LogP contribution >= 0.6 is 23.7 Å². The van der Waals surface area contributed by atoms with E-state index < -0.39 is 0 Å². The molecule has 0 radical (unpaired) electrons. The molecule has 1 saturated heterocycles. The molecule has 0 unspecified atom stereocenters. The van der Waals surface area contributed by atoms with E-state index in [-0.39, 0.29) is 24.2 Å². The van der Waals surface area contributed by atoms with Crippen molar-refractivity contribution in [1.29, 1.82) is 0 Å². The molecule has 5 heteroatoms. The van der Waals surface area contributed by atoms with Gasteiger partial charge in [-0.15, -0.1) is 12.4 Å². The van der Waals surface area contributed by atoms with Gasteiger partial charge in [-0.05, 0) is 24.4 Å². The summed E-state index contributed by atoms with van der Waals surface area (Å²) in [5, 5.41) is 9.98. The maximum absolute atomic E-state index is 11.6. The van der Waals surface area contributed by atoms with Crippen molar-refractivity contribution in [3.8, 4) is 0 Å². The molecule has 1 fully saturated rings. The van der Waals surface area contributed by atoms with Gasteiger partial charge in [0, 0.05) is 11.9 Å². The van der Waals surface area contributed by atoms with Crippen LogP contribution in [0.15, 0.2) is 16.8 Å². The average molecular weight is 233 g/mol. The minimum atomic E-state index is 0. The largest absolute Gasteiger partial charge is 0.325 e. The molecule has 3 nitrogen and oxygen atoms in total. The summed E-state index contributed by atoms with van der Waals surface area (Å²) < 4.78 is 0. The number of amides is 1. The molecule has 78 valence electrons. The third-order valence-electron chi connectivity index (χ3n) is 2.22. The molecule has 1 aromatic heterocycles. The van der Waals surface area contributed by atoms with Crippen molar-refractivity contribution in [3.05, 3.63) is 16.8 Å². The fourth-order valence-electron chi connectivity index (χ4n) is 1.46. The Hall–Kier alpha value is -0.580. The summed E-state index contributed by atoms with van der Waals surface area (Å²) in [7, 11) is 0. The maximum Gasteiger partial charge on any atom is 0.228 e. The number of carbonyl (C=O) groups excluding carboxylic acids is 1. The molecule has 2 rings (SSSR count). The van der Waals surface area contributed by atoms with E-state index in [1.54, 1.807) is 11.3 Å². The SMILES string of the molecule is Cl.O=C(Nc1ccsc1)[C@H]1CCNC1. The molecule has 1 amide bonds. The molecule has 14 heavy (non-hydrogen) atoms. The number of hydrogen-bond acceptors (Lipinski definition) is 3. The molecule has 0 aliphatic carbocycles. The fraction of sp³-hybridized carbons (Fsp3) is 0.444. The number of anilines is 1. The second kappa shape index (κ2) is 5.34. The third kappa shape index (κ3) is 2.70. The second-order valence-electron chi connectivity index (χ2n) is 3.19. The van der Waals surface area contributed by atoms with Crippen LogP contribution < -0.4 is 10.6 Å². The van der Waals surface area contributed by atoms with Crippen molar-refractivity contribution in [1.82, 2.24) is 5.32 Å². The Kier molecular flexibility index (Phi) is 4.38. The zero-order chi connectivity index (χ0) is 9.10. The Balaban J connectivity index is 0.000000980. The fourth-order valence-corrected chi connectivity index (χ4v) is 2.05. The topological polar surface area (TPSA) is 41.1 Å². The summed E-state index contributed by atoms with van der Waals surface area (Å²) in [5.41, 5.74) is 0.918. The highest BCUT2D eigenvalue weighted by molar-refractivity contribution is 7.08. The Morgan fingerprint density at radius 2 is 2.50 bits per heavy atom. The smallest absolute Gasteiger partial charge is 0.228 e. The van der Waals surface area contributed by atoms with E-state index in [1.807, 2.05) is 16.8 Å². The van der Waals surface area contributed by atoms with Gasteiger partial charge < -0.3 is 10.6 Å². The highest BCUT2D eigenvalue weighted by Crippen LogP contribution is 2.15. The monoisotopic (exact) mass is 232 g/mol. The van der Waals surface area contributed by atoms with Gasteiger partial charge in [0.1, 0.15) is 0 Å². The van der Waals surface area contributed by atoms with Crippen LogP contribution in [-0.2, 0) is 4.79 Å². The predicted molar refractivity (Wildman–Crippen MR) is 61.2 cm³/mol. The van der Waals surface area contributed by atoms with E-state index in [0.717, 1.165) is 25.2 Å². The quantitative estimate of drug-likeness (QED) is 0.815. The molecule has 0 saturated carbocycles. The lowest BCUT2D eigenvalue weighted by Gasteiger charge is -2.07. The molecule has 0 bridgehead atoms. The van der Waals surface area contributed by atoms with Crippen LogP contribution in [0.2, 0.25) is 0 Å². The van der Waals surface area contributed by atoms with E-state index in [0.29, 0.717) is 0 Å². The summed E-state index contributed by atoms with van der Waals surface area (Å²) in [6.45, 7) is 1.78. The molecular weight excluding hydrogens is 220 g/mol. The standard InChI is InChI=1S/C9H12N2OS.ClH/c12-9(7-1-3-10-5-7)11-8-2-4-13-6-8;/h2,4,6-7,10H,1,3,5H2,(H,11,12);1H/t7-;/m0./s1. The van der Waals surface area contributed by atoms with Crippen LogP contribution in [0.3, 0.4) is 0 Å². The molecule has 2 N–H and O–H groups in total. The highest BCUT2D eigenvalue weighted by atomic mass is 35.5. The van der Waals surface area contributed by atoms with Crippen molar-refractivity contribution in [2.45, 2.75) is 6.42 Å². The first-order valence-electron chi connectivity index (χ1n) is 4.40. The zero-order valence-corrected chi connectivity index (χ0v) is 9.29. The van der Waals surface area contributed by atoms with Gasteiger partial charge >= 0.3 is 0 Å². The van der Waals surface area contributed by atoms with Crippen LogP contribution in [0.1, 0.15) is 6.42 Å². The first kappa shape index (κ1) is 11.5. The Labute approximate surface area is 93.3 Å². The molecular formula is C9H13ClN2OS. The van der Waals surface area contributed by atoms with Gasteiger partial charge in [0.15, 0.2) is 0 Å². The summed E-state index contributed by atoms with van der Waals surface area (Å²) in [4.78, 5) is 11.6. The van der Waals surface area contributed by atoms with Crippen molar-refractivity contribution < 1.29 is 4.79 Å². The van der Waals surface area contributed by atoms with Crippen molar-refractivity contribution in [2.75, 3.05) is 18.4 Å². The van der Waals surface area contributed by atoms with Crippen molar-refractivity contribution in [3.63, 3.8) is 0 Å². The number of hydrogen-bond donors (Lipinski definition) is 2. The lowest BCUT2D eigenvalue weighted by Crippen LogP contribution is -2.24. The first-order valence-corrected chi connectivity index (χ1v) is 5.34. The van der Waals surface area contributed by atoms with Crippen LogP contribution in [0.4, 0.5) is 5.69 Å². The number of thiophene rings is 1. The number of halogens is 1. The van der Waals surface area contributed by atoms with Crippen LogP contribution in [-0.4, -0.2) is 19.0 Å². The van der Waals surface area contributed by atoms with Gasteiger partial charge in [0.25, 0.3) is 0 Å². The molecule has 1 aliphatic rings. The van der Waals surface area contributed by atoms with E-state index in [1.165, 1.54) is 0 Å². The predicted octanol–water partition coefficient (Wildman–Crippen LogP) is 1.72. The minimum absolute atomic E-state index is 0. The molecule has 0 aromatic carbocycles. The van der Waals surface area contributed by atoms with Crippen LogP contribution in [0.5, 0.6) is 0 Å². The lowest BCUT2D eigenvalue weighted by atomic mass is 10.1. The maximum atomic E-state index is 11.6. The summed E-state index contributed by atoms with van der Waals surface area (Å²) in [6.07, 6.45) is 0.954. The summed E-state index contributed by atoms with van der Waals surface area (Å²) in [6, 6.07) is 1.92. The van der Waals surface area contributed by atoms with E-state index >= 15 is 0 Å². The van der Waals surface area contributed by atoms with E-state index in [4.69, 9.17) is 0 Å². The van der Waals surface area contributed by atoms with Gasteiger partial charge in [-0.1, -0.05) is 0 Å². The Morgan fingerprint density at radius 3 is 3.07 bits per heavy atom. The van der Waals surface area contributed by atoms with Crippen LogP contribution in [0, 0.1) is 5.92 Å². The molecule has 1 aliphatic heterocycles. The summed E-state index contributed by atoms with van der Waals surface area (Å²) >= 11 is 1.59. The molecule has 2 heterocycles. The molecule has 1 atom stereocenters. The average Bonchev–Trinajstić information content (AvgIpc) is 2.74. The number of rotatable bonds is 2. The minimum Gasteiger partial charge on any atom is -0.325 e. The lowest BCUT2D eigenvalue weighted by molar-refractivity contribution is -0.119.